The van der Waals surface area contributed by atoms with Crippen molar-refractivity contribution in [1.82, 2.24) is 0 Å². The van der Waals surface area contributed by atoms with Crippen LogP contribution in [0.2, 0.25) is 5.02 Å². The molecule has 0 saturated heterocycles. The van der Waals surface area contributed by atoms with Crippen molar-refractivity contribution in [1.29, 1.82) is 0 Å². The Labute approximate surface area is 101 Å². The predicted octanol–water partition coefficient (Wildman–Crippen LogP) is 2.81. The van der Waals surface area contributed by atoms with Crippen molar-refractivity contribution in [2.45, 2.75) is 26.1 Å². The zero-order chi connectivity index (χ0) is 12.1. The number of aliphatic hydroxyl groups is 1. The number of halogens is 1. The molecule has 4 heteroatoms. The van der Waals surface area contributed by atoms with Crippen molar-refractivity contribution < 1.29 is 14.6 Å². The van der Waals surface area contributed by atoms with Crippen LogP contribution in [0.5, 0.6) is 5.75 Å². The van der Waals surface area contributed by atoms with Gasteiger partial charge in [0.1, 0.15) is 11.9 Å². The van der Waals surface area contributed by atoms with E-state index in [9.17, 15) is 5.11 Å². The maximum absolute atomic E-state index is 9.94. The fourth-order valence-electron chi connectivity index (χ4n) is 1.34. The molecule has 0 fully saturated rings. The third-order valence-electron chi connectivity index (χ3n) is 2.14. The summed E-state index contributed by atoms with van der Waals surface area (Å²) in [6.45, 7) is 4.07. The third-order valence-corrected chi connectivity index (χ3v) is 2.37. The lowest BCUT2D eigenvalue weighted by atomic mass is 10.1. The zero-order valence-electron chi connectivity index (χ0n) is 9.74. The SMILES string of the molecule is COc1ccc(Cl)cc1C(O)COC(C)C. The quantitative estimate of drug-likeness (QED) is 0.866. The molecule has 0 radical (unpaired) electrons. The van der Waals surface area contributed by atoms with Crippen molar-refractivity contribution in [3.05, 3.63) is 28.8 Å². The average molecular weight is 245 g/mol. The van der Waals surface area contributed by atoms with E-state index in [4.69, 9.17) is 21.1 Å². The van der Waals surface area contributed by atoms with Gasteiger partial charge in [0, 0.05) is 10.6 Å². The molecule has 0 bridgehead atoms. The Hall–Kier alpha value is -0.770. The van der Waals surface area contributed by atoms with E-state index >= 15 is 0 Å². The van der Waals surface area contributed by atoms with E-state index in [1.165, 1.54) is 0 Å². The van der Waals surface area contributed by atoms with Crippen LogP contribution >= 0.6 is 11.6 Å². The lowest BCUT2D eigenvalue weighted by molar-refractivity contribution is 0.00409. The molecule has 1 rings (SSSR count). The van der Waals surface area contributed by atoms with Gasteiger partial charge in [-0.2, -0.15) is 0 Å². The molecule has 0 spiro atoms. The number of benzene rings is 1. The Balaban J connectivity index is 2.80. The van der Waals surface area contributed by atoms with Crippen LogP contribution in [0.3, 0.4) is 0 Å². The molecule has 0 aliphatic rings. The predicted molar refractivity (Wildman–Crippen MR) is 64.1 cm³/mol. The molecule has 0 aliphatic heterocycles. The van der Waals surface area contributed by atoms with Gasteiger partial charge in [-0.25, -0.2) is 0 Å². The van der Waals surface area contributed by atoms with Crippen LogP contribution in [-0.4, -0.2) is 24.9 Å². The van der Waals surface area contributed by atoms with Crippen molar-refractivity contribution >= 4 is 11.6 Å². The van der Waals surface area contributed by atoms with Gasteiger partial charge in [-0.3, -0.25) is 0 Å². The van der Waals surface area contributed by atoms with E-state index in [-0.39, 0.29) is 12.7 Å². The molecular weight excluding hydrogens is 228 g/mol. The fourth-order valence-corrected chi connectivity index (χ4v) is 1.52. The topological polar surface area (TPSA) is 38.7 Å². The Kier molecular flexibility index (Phi) is 5.06. The van der Waals surface area contributed by atoms with Gasteiger partial charge in [-0.15, -0.1) is 0 Å². The van der Waals surface area contributed by atoms with E-state index in [0.717, 1.165) is 0 Å². The first kappa shape index (κ1) is 13.3. The van der Waals surface area contributed by atoms with E-state index in [1.807, 2.05) is 13.8 Å². The maximum atomic E-state index is 9.94. The van der Waals surface area contributed by atoms with Gasteiger partial charge in [0.15, 0.2) is 0 Å². The first-order chi connectivity index (χ1) is 7.54. The molecule has 1 aromatic carbocycles. The molecule has 16 heavy (non-hydrogen) atoms. The minimum absolute atomic E-state index is 0.0832. The summed E-state index contributed by atoms with van der Waals surface area (Å²) in [4.78, 5) is 0. The molecule has 0 aliphatic carbocycles. The van der Waals surface area contributed by atoms with Crippen LogP contribution in [0.1, 0.15) is 25.5 Å². The van der Waals surface area contributed by atoms with Gasteiger partial charge in [-0.1, -0.05) is 11.6 Å². The Morgan fingerprint density at radius 1 is 1.38 bits per heavy atom. The van der Waals surface area contributed by atoms with E-state index in [2.05, 4.69) is 0 Å². The van der Waals surface area contributed by atoms with Crippen molar-refractivity contribution in [3.63, 3.8) is 0 Å². The summed E-state index contributed by atoms with van der Waals surface area (Å²) in [6.07, 6.45) is -0.643. The first-order valence-electron chi connectivity index (χ1n) is 5.17. The van der Waals surface area contributed by atoms with Gasteiger partial charge >= 0.3 is 0 Å². The third kappa shape index (κ3) is 3.67. The van der Waals surface area contributed by atoms with Crippen molar-refractivity contribution in [2.24, 2.45) is 0 Å². The normalized spacial score (nSPS) is 12.9. The smallest absolute Gasteiger partial charge is 0.124 e. The van der Waals surface area contributed by atoms with E-state index < -0.39 is 6.10 Å². The minimum Gasteiger partial charge on any atom is -0.496 e. The summed E-state index contributed by atoms with van der Waals surface area (Å²) < 4.78 is 10.5. The fraction of sp³-hybridized carbons (Fsp3) is 0.500. The summed E-state index contributed by atoms with van der Waals surface area (Å²) in [5.41, 5.74) is 0.649. The molecule has 3 nitrogen and oxygen atoms in total. The highest BCUT2D eigenvalue weighted by Gasteiger charge is 2.14. The number of hydrogen-bond acceptors (Lipinski definition) is 3. The lowest BCUT2D eigenvalue weighted by Crippen LogP contribution is -2.12. The van der Waals surface area contributed by atoms with Gasteiger partial charge in [-0.05, 0) is 32.0 Å². The second-order valence-electron chi connectivity index (χ2n) is 3.78. The maximum Gasteiger partial charge on any atom is 0.124 e. The summed E-state index contributed by atoms with van der Waals surface area (Å²) >= 11 is 5.87. The second-order valence-corrected chi connectivity index (χ2v) is 4.22. The molecule has 90 valence electrons. The molecular formula is C12H17ClO3. The van der Waals surface area contributed by atoms with Gasteiger partial charge < -0.3 is 14.6 Å². The number of ether oxygens (including phenoxy) is 2. The summed E-state index contributed by atoms with van der Waals surface area (Å²) in [7, 11) is 1.56. The van der Waals surface area contributed by atoms with Gasteiger partial charge in [0.05, 0.1) is 19.8 Å². The molecule has 0 saturated carbocycles. The van der Waals surface area contributed by atoms with Crippen molar-refractivity contribution in [2.75, 3.05) is 13.7 Å². The van der Waals surface area contributed by atoms with Crippen LogP contribution in [-0.2, 0) is 4.74 Å². The summed E-state index contributed by atoms with van der Waals surface area (Å²) in [6, 6.07) is 5.14. The van der Waals surface area contributed by atoms with Gasteiger partial charge in [0.25, 0.3) is 0 Å². The van der Waals surface area contributed by atoms with Crippen molar-refractivity contribution in [3.8, 4) is 5.75 Å². The highest BCUT2D eigenvalue weighted by molar-refractivity contribution is 6.30. The highest BCUT2D eigenvalue weighted by Crippen LogP contribution is 2.28. The standard InChI is InChI=1S/C12H17ClO3/c1-8(2)16-7-11(14)10-6-9(13)4-5-12(10)15-3/h4-6,8,11,14H,7H2,1-3H3. The number of hydrogen-bond donors (Lipinski definition) is 1. The summed E-state index contributed by atoms with van der Waals surface area (Å²) in [5.74, 6) is 0.615. The van der Waals surface area contributed by atoms with E-state index in [0.29, 0.717) is 16.3 Å². The lowest BCUT2D eigenvalue weighted by Gasteiger charge is -2.16. The largest absolute Gasteiger partial charge is 0.496 e. The van der Waals surface area contributed by atoms with Crippen LogP contribution in [0.4, 0.5) is 0 Å². The molecule has 1 unspecified atom stereocenters. The molecule has 1 atom stereocenters. The summed E-state index contributed by atoms with van der Waals surface area (Å²) in [5, 5.41) is 10.5. The average Bonchev–Trinajstić information content (AvgIpc) is 2.25. The molecule has 0 heterocycles. The van der Waals surface area contributed by atoms with E-state index in [1.54, 1.807) is 25.3 Å². The molecule has 1 N–H and O–H groups in total. The molecule has 0 amide bonds. The number of aliphatic hydroxyl groups excluding tert-OH is 1. The van der Waals surface area contributed by atoms with Crippen LogP contribution in [0.15, 0.2) is 18.2 Å². The second kappa shape index (κ2) is 6.09. The molecule has 1 aromatic rings. The van der Waals surface area contributed by atoms with Gasteiger partial charge in [0.2, 0.25) is 0 Å². The first-order valence-corrected chi connectivity index (χ1v) is 5.55. The van der Waals surface area contributed by atoms with Crippen LogP contribution < -0.4 is 4.74 Å². The Morgan fingerprint density at radius 2 is 2.06 bits per heavy atom. The zero-order valence-corrected chi connectivity index (χ0v) is 10.5. The highest BCUT2D eigenvalue weighted by atomic mass is 35.5. The van der Waals surface area contributed by atoms with Crippen LogP contribution in [0.25, 0.3) is 0 Å². The Morgan fingerprint density at radius 3 is 2.62 bits per heavy atom. The number of rotatable bonds is 5. The number of methoxy groups -OCH3 is 1. The minimum atomic E-state index is -0.726. The van der Waals surface area contributed by atoms with Crippen LogP contribution in [0, 0.1) is 0 Å². The molecule has 0 aromatic heterocycles. The monoisotopic (exact) mass is 244 g/mol. The Bertz CT molecular complexity index is 339.